The van der Waals surface area contributed by atoms with Crippen LogP contribution in [0.5, 0.6) is 0 Å². The summed E-state index contributed by atoms with van der Waals surface area (Å²) in [6, 6.07) is 6.46. The molecule has 1 fully saturated rings. The van der Waals surface area contributed by atoms with E-state index in [-0.39, 0.29) is 25.5 Å². The molecule has 1 heterocycles. The van der Waals surface area contributed by atoms with E-state index in [2.05, 4.69) is 10.6 Å². The zero-order valence-corrected chi connectivity index (χ0v) is 17.0. The van der Waals surface area contributed by atoms with Gasteiger partial charge in [0.25, 0.3) is 5.91 Å². The van der Waals surface area contributed by atoms with Crippen molar-refractivity contribution in [2.24, 2.45) is 0 Å². The van der Waals surface area contributed by atoms with Gasteiger partial charge in [-0.05, 0) is 57.9 Å². The van der Waals surface area contributed by atoms with E-state index in [0.717, 1.165) is 0 Å². The number of hydrogen-bond acceptors (Lipinski definition) is 4. The van der Waals surface area contributed by atoms with Crippen LogP contribution in [0.2, 0.25) is 5.02 Å². The second-order valence-electron chi connectivity index (χ2n) is 7.87. The zero-order chi connectivity index (χ0) is 20.9. The molecule has 0 saturated carbocycles. The highest BCUT2D eigenvalue weighted by atomic mass is 35.5. The Hall–Kier alpha value is -2.48. The number of benzene rings is 1. The maximum atomic E-state index is 12.4. The van der Waals surface area contributed by atoms with Gasteiger partial charge < -0.3 is 25.4 Å². The Labute approximate surface area is 169 Å². The van der Waals surface area contributed by atoms with E-state index < -0.39 is 23.3 Å². The third kappa shape index (κ3) is 6.30. The topological polar surface area (TPSA) is 108 Å². The molecule has 0 spiro atoms. The molecule has 0 aromatic heterocycles. The largest absolute Gasteiger partial charge is 0.465 e. The van der Waals surface area contributed by atoms with E-state index in [0.29, 0.717) is 23.4 Å². The van der Waals surface area contributed by atoms with Crippen LogP contribution < -0.4 is 10.6 Å². The Kier molecular flexibility index (Phi) is 6.77. The number of hydrogen-bond donors (Lipinski definition) is 3. The highest BCUT2D eigenvalue weighted by Crippen LogP contribution is 2.23. The van der Waals surface area contributed by atoms with Crippen LogP contribution >= 0.6 is 11.6 Å². The summed E-state index contributed by atoms with van der Waals surface area (Å²) in [5, 5.41) is 15.4. The SMILES string of the molecule is CC(C)(C)OC(=O)NC1(CNC(=O)c2ccc(Cl)cc2)CCN(C(=O)O)CC1. The molecule has 1 aliphatic heterocycles. The summed E-state index contributed by atoms with van der Waals surface area (Å²) in [5.74, 6) is -0.303. The number of likely N-dealkylation sites (tertiary alicyclic amines) is 1. The van der Waals surface area contributed by atoms with E-state index in [4.69, 9.17) is 21.4 Å². The number of alkyl carbamates (subject to hydrolysis) is 1. The molecule has 1 aromatic carbocycles. The molecule has 1 saturated heterocycles. The van der Waals surface area contributed by atoms with Crippen molar-refractivity contribution in [1.82, 2.24) is 15.5 Å². The lowest BCUT2D eigenvalue weighted by atomic mass is 9.87. The molecular weight excluding hydrogens is 386 g/mol. The molecule has 2 rings (SSSR count). The number of carbonyl (C=O) groups excluding carboxylic acids is 2. The Balaban J connectivity index is 2.07. The molecule has 154 valence electrons. The van der Waals surface area contributed by atoms with Crippen LogP contribution in [0.15, 0.2) is 24.3 Å². The summed E-state index contributed by atoms with van der Waals surface area (Å²) in [6.45, 7) is 5.93. The van der Waals surface area contributed by atoms with Crippen LogP contribution in [0.3, 0.4) is 0 Å². The zero-order valence-electron chi connectivity index (χ0n) is 16.3. The van der Waals surface area contributed by atoms with Crippen LogP contribution in [0.4, 0.5) is 9.59 Å². The first kappa shape index (κ1) is 21.8. The number of carbonyl (C=O) groups is 3. The monoisotopic (exact) mass is 411 g/mol. The van der Waals surface area contributed by atoms with Crippen LogP contribution in [-0.2, 0) is 4.74 Å². The van der Waals surface area contributed by atoms with Gasteiger partial charge in [0, 0.05) is 30.2 Å². The van der Waals surface area contributed by atoms with E-state index in [1.54, 1.807) is 45.0 Å². The van der Waals surface area contributed by atoms with Crippen molar-refractivity contribution in [2.45, 2.75) is 44.8 Å². The Morgan fingerprint density at radius 2 is 1.75 bits per heavy atom. The third-order valence-electron chi connectivity index (χ3n) is 4.45. The normalized spacial score (nSPS) is 16.2. The van der Waals surface area contributed by atoms with Gasteiger partial charge in [0.05, 0.1) is 5.54 Å². The maximum absolute atomic E-state index is 12.4. The van der Waals surface area contributed by atoms with Gasteiger partial charge in [-0.3, -0.25) is 4.79 Å². The molecule has 1 aliphatic rings. The number of carboxylic acid groups (broad SMARTS) is 1. The minimum Gasteiger partial charge on any atom is -0.465 e. The standard InChI is InChI=1S/C19H26ClN3O5/c1-18(2,3)28-16(25)22-19(8-10-23(11-9-19)17(26)27)12-21-15(24)13-4-6-14(20)7-5-13/h4-7H,8-12H2,1-3H3,(H,21,24)(H,22,25)(H,26,27). The molecule has 9 heteroatoms. The fourth-order valence-electron chi connectivity index (χ4n) is 2.94. The molecule has 0 bridgehead atoms. The van der Waals surface area contributed by atoms with Gasteiger partial charge >= 0.3 is 12.2 Å². The van der Waals surface area contributed by atoms with E-state index in [1.807, 2.05) is 0 Å². The first-order valence-electron chi connectivity index (χ1n) is 9.02. The molecule has 1 aromatic rings. The highest BCUT2D eigenvalue weighted by Gasteiger charge is 2.38. The van der Waals surface area contributed by atoms with Gasteiger partial charge in [0.1, 0.15) is 5.60 Å². The van der Waals surface area contributed by atoms with Crippen molar-refractivity contribution >= 4 is 29.7 Å². The predicted octanol–water partition coefficient (Wildman–Crippen LogP) is 3.11. The molecule has 0 atom stereocenters. The fraction of sp³-hybridized carbons (Fsp3) is 0.526. The second-order valence-corrected chi connectivity index (χ2v) is 8.30. The van der Waals surface area contributed by atoms with Crippen molar-refractivity contribution in [2.75, 3.05) is 19.6 Å². The predicted molar refractivity (Wildman–Crippen MR) is 105 cm³/mol. The van der Waals surface area contributed by atoms with Gasteiger partial charge in [0.2, 0.25) is 0 Å². The number of halogens is 1. The second kappa shape index (κ2) is 8.68. The lowest BCUT2D eigenvalue weighted by Gasteiger charge is -2.41. The Bertz CT molecular complexity index is 722. The van der Waals surface area contributed by atoms with Crippen molar-refractivity contribution in [3.8, 4) is 0 Å². The quantitative estimate of drug-likeness (QED) is 0.705. The van der Waals surface area contributed by atoms with Crippen LogP contribution in [0, 0.1) is 0 Å². The van der Waals surface area contributed by atoms with E-state index >= 15 is 0 Å². The van der Waals surface area contributed by atoms with Crippen LogP contribution in [0.1, 0.15) is 44.0 Å². The molecule has 3 amide bonds. The van der Waals surface area contributed by atoms with Crippen LogP contribution in [0.25, 0.3) is 0 Å². The minimum atomic E-state index is -1.00. The summed E-state index contributed by atoms with van der Waals surface area (Å²) in [4.78, 5) is 37.2. The summed E-state index contributed by atoms with van der Waals surface area (Å²) >= 11 is 5.84. The van der Waals surface area contributed by atoms with Crippen molar-refractivity contribution in [3.05, 3.63) is 34.9 Å². The molecule has 0 aliphatic carbocycles. The van der Waals surface area contributed by atoms with Crippen LogP contribution in [-0.4, -0.2) is 58.9 Å². The van der Waals surface area contributed by atoms with E-state index in [1.165, 1.54) is 4.90 Å². The minimum absolute atomic E-state index is 0.154. The van der Waals surface area contributed by atoms with Crippen molar-refractivity contribution in [1.29, 1.82) is 0 Å². The van der Waals surface area contributed by atoms with Crippen molar-refractivity contribution in [3.63, 3.8) is 0 Å². The molecule has 28 heavy (non-hydrogen) atoms. The lowest BCUT2D eigenvalue weighted by molar-refractivity contribution is 0.0384. The average Bonchev–Trinajstić information content (AvgIpc) is 2.59. The third-order valence-corrected chi connectivity index (χ3v) is 4.70. The van der Waals surface area contributed by atoms with Crippen molar-refractivity contribution < 1.29 is 24.2 Å². The summed E-state index contributed by atoms with van der Waals surface area (Å²) in [6.07, 6.45) is -0.883. The molecular formula is C19H26ClN3O5. The Morgan fingerprint density at radius 3 is 2.25 bits per heavy atom. The first-order chi connectivity index (χ1) is 13.0. The maximum Gasteiger partial charge on any atom is 0.408 e. The number of piperidine rings is 1. The smallest absolute Gasteiger partial charge is 0.408 e. The Morgan fingerprint density at radius 1 is 1.18 bits per heavy atom. The molecule has 0 unspecified atom stereocenters. The van der Waals surface area contributed by atoms with E-state index in [9.17, 15) is 14.4 Å². The van der Waals surface area contributed by atoms with Gasteiger partial charge in [-0.15, -0.1) is 0 Å². The lowest BCUT2D eigenvalue weighted by Crippen LogP contribution is -2.61. The number of nitrogens with zero attached hydrogens (tertiary/aromatic N) is 1. The number of rotatable bonds is 4. The highest BCUT2D eigenvalue weighted by molar-refractivity contribution is 6.30. The average molecular weight is 412 g/mol. The first-order valence-corrected chi connectivity index (χ1v) is 9.40. The number of nitrogens with one attached hydrogen (secondary N) is 2. The summed E-state index contributed by atoms with van der Waals surface area (Å²) < 4.78 is 5.34. The molecule has 8 nitrogen and oxygen atoms in total. The summed E-state index contributed by atoms with van der Waals surface area (Å²) in [5.41, 5.74) is -1.02. The van der Waals surface area contributed by atoms with Gasteiger partial charge in [-0.2, -0.15) is 0 Å². The summed E-state index contributed by atoms with van der Waals surface area (Å²) in [7, 11) is 0. The van der Waals surface area contributed by atoms with Gasteiger partial charge in [-0.1, -0.05) is 11.6 Å². The van der Waals surface area contributed by atoms with Gasteiger partial charge in [-0.25, -0.2) is 9.59 Å². The number of amides is 3. The molecule has 0 radical (unpaired) electrons. The fourth-order valence-corrected chi connectivity index (χ4v) is 3.07. The molecule has 3 N–H and O–H groups in total. The number of ether oxygens (including phenoxy) is 1. The van der Waals surface area contributed by atoms with Gasteiger partial charge in [0.15, 0.2) is 0 Å².